The van der Waals surface area contributed by atoms with Crippen LogP contribution in [0.2, 0.25) is 0 Å². The van der Waals surface area contributed by atoms with E-state index in [1.54, 1.807) is 19.4 Å². The number of fused-ring (bicyclic) bond motifs is 1. The zero-order valence-corrected chi connectivity index (χ0v) is 19.4. The van der Waals surface area contributed by atoms with Gasteiger partial charge in [-0.15, -0.1) is 0 Å². The van der Waals surface area contributed by atoms with Crippen molar-refractivity contribution in [3.8, 4) is 17.2 Å². The third-order valence-corrected chi connectivity index (χ3v) is 6.19. The molecule has 35 heavy (non-hydrogen) atoms. The normalized spacial score (nSPS) is 15.5. The monoisotopic (exact) mass is 474 g/mol. The molecule has 2 aliphatic heterocycles. The first-order valence-corrected chi connectivity index (χ1v) is 11.4. The molecule has 0 bridgehead atoms. The second-order valence-electron chi connectivity index (χ2n) is 8.41. The number of ether oxygens (including phenoxy) is 3. The highest BCUT2D eigenvalue weighted by atomic mass is 16.7. The number of rotatable bonds is 7. The zero-order valence-electron chi connectivity index (χ0n) is 19.4. The molecule has 0 radical (unpaired) electrons. The van der Waals surface area contributed by atoms with Crippen LogP contribution in [0, 0.1) is 10.1 Å². The summed E-state index contributed by atoms with van der Waals surface area (Å²) >= 11 is 0. The number of piperazine rings is 1. The molecule has 0 amide bonds. The van der Waals surface area contributed by atoms with E-state index < -0.39 is 0 Å². The van der Waals surface area contributed by atoms with Crippen molar-refractivity contribution in [1.29, 1.82) is 0 Å². The van der Waals surface area contributed by atoms with Crippen LogP contribution < -0.4 is 19.1 Å². The lowest BCUT2D eigenvalue weighted by Crippen LogP contribution is -2.46. The predicted octanol–water partition coefficient (Wildman–Crippen LogP) is 4.40. The van der Waals surface area contributed by atoms with Gasteiger partial charge in [-0.05, 0) is 53.6 Å². The molecule has 0 spiro atoms. The van der Waals surface area contributed by atoms with Crippen molar-refractivity contribution >= 4 is 23.3 Å². The Morgan fingerprint density at radius 2 is 1.77 bits per heavy atom. The fourth-order valence-electron chi connectivity index (χ4n) is 4.30. The van der Waals surface area contributed by atoms with E-state index in [-0.39, 0.29) is 17.4 Å². The van der Waals surface area contributed by atoms with Crippen molar-refractivity contribution in [1.82, 2.24) is 4.90 Å². The summed E-state index contributed by atoms with van der Waals surface area (Å²) in [5.41, 5.74) is 3.32. The molecule has 1 saturated heterocycles. The Morgan fingerprint density at radius 1 is 1.00 bits per heavy atom. The number of nitro benzene ring substituents is 1. The molecule has 9 heteroatoms. The average Bonchev–Trinajstić information content (AvgIpc) is 3.36. The zero-order chi connectivity index (χ0) is 24.2. The van der Waals surface area contributed by atoms with Gasteiger partial charge in [-0.2, -0.15) is 0 Å². The molecule has 5 rings (SSSR count). The Hall–Kier alpha value is -4.11. The first-order valence-electron chi connectivity index (χ1n) is 11.4. The van der Waals surface area contributed by atoms with Crippen LogP contribution in [0.1, 0.15) is 11.1 Å². The van der Waals surface area contributed by atoms with E-state index in [2.05, 4.69) is 20.9 Å². The number of hydrogen-bond donors (Lipinski definition) is 0. The van der Waals surface area contributed by atoms with E-state index in [0.717, 1.165) is 48.1 Å². The molecule has 0 aromatic heterocycles. The van der Waals surface area contributed by atoms with Gasteiger partial charge < -0.3 is 19.1 Å². The Labute approximate surface area is 203 Å². The van der Waals surface area contributed by atoms with Crippen molar-refractivity contribution in [2.24, 2.45) is 4.99 Å². The molecule has 180 valence electrons. The average molecular weight is 475 g/mol. The van der Waals surface area contributed by atoms with E-state index in [0.29, 0.717) is 24.3 Å². The lowest BCUT2D eigenvalue weighted by molar-refractivity contribution is -0.384. The van der Waals surface area contributed by atoms with E-state index >= 15 is 0 Å². The van der Waals surface area contributed by atoms with Gasteiger partial charge >= 0.3 is 0 Å². The molecule has 0 unspecified atom stereocenters. The standard InChI is InChI=1S/C26H26N4O5/c1-33-22-6-4-21(5-7-22)27-16-19-2-8-23(24(14-19)30(31)32)29-12-10-28(11-13-29)17-20-3-9-25-26(15-20)35-18-34-25/h2-9,14-16H,10-13,17-18H2,1H3. The van der Waals surface area contributed by atoms with Gasteiger partial charge in [-0.1, -0.05) is 12.1 Å². The second kappa shape index (κ2) is 10.0. The molecule has 1 fully saturated rings. The van der Waals surface area contributed by atoms with Crippen LogP contribution in [0.4, 0.5) is 17.1 Å². The quantitative estimate of drug-likeness (QED) is 0.285. The highest BCUT2D eigenvalue weighted by Gasteiger charge is 2.24. The summed E-state index contributed by atoms with van der Waals surface area (Å²) in [5, 5.41) is 11.8. The van der Waals surface area contributed by atoms with E-state index in [1.807, 2.05) is 48.5 Å². The number of methoxy groups -OCH3 is 1. The third-order valence-electron chi connectivity index (χ3n) is 6.19. The lowest BCUT2D eigenvalue weighted by Gasteiger charge is -2.35. The molecule has 2 aliphatic rings. The van der Waals surface area contributed by atoms with Crippen molar-refractivity contribution in [3.05, 3.63) is 81.9 Å². The van der Waals surface area contributed by atoms with E-state index in [4.69, 9.17) is 14.2 Å². The molecular weight excluding hydrogens is 448 g/mol. The third kappa shape index (κ3) is 5.20. The Morgan fingerprint density at radius 3 is 2.51 bits per heavy atom. The fourth-order valence-corrected chi connectivity index (χ4v) is 4.30. The summed E-state index contributed by atoms with van der Waals surface area (Å²) in [7, 11) is 1.61. The number of hydrogen-bond acceptors (Lipinski definition) is 8. The summed E-state index contributed by atoms with van der Waals surface area (Å²) in [6.45, 7) is 4.11. The second-order valence-corrected chi connectivity index (χ2v) is 8.41. The van der Waals surface area contributed by atoms with Crippen LogP contribution >= 0.6 is 0 Å². The summed E-state index contributed by atoms with van der Waals surface area (Å²) in [6.07, 6.45) is 1.64. The maximum atomic E-state index is 11.8. The van der Waals surface area contributed by atoms with Gasteiger partial charge in [0.05, 0.1) is 17.7 Å². The topological polar surface area (TPSA) is 89.7 Å². The number of anilines is 1. The molecule has 2 heterocycles. The van der Waals surface area contributed by atoms with Gasteiger partial charge in [0.1, 0.15) is 11.4 Å². The van der Waals surface area contributed by atoms with Gasteiger partial charge in [0.2, 0.25) is 6.79 Å². The maximum absolute atomic E-state index is 11.8. The number of nitro groups is 1. The molecule has 3 aromatic carbocycles. The predicted molar refractivity (Wildman–Crippen MR) is 133 cm³/mol. The highest BCUT2D eigenvalue weighted by Crippen LogP contribution is 2.33. The molecule has 0 atom stereocenters. The SMILES string of the molecule is COc1ccc(N=Cc2ccc(N3CCN(Cc4ccc5c(c4)OCO5)CC3)c([N+](=O)[O-])c2)cc1. The lowest BCUT2D eigenvalue weighted by atomic mass is 10.1. The van der Waals surface area contributed by atoms with Crippen LogP contribution in [-0.2, 0) is 6.54 Å². The Balaban J connectivity index is 1.24. The summed E-state index contributed by atoms with van der Waals surface area (Å²) < 4.78 is 16.0. The van der Waals surface area contributed by atoms with Gasteiger partial charge in [-0.25, -0.2) is 0 Å². The van der Waals surface area contributed by atoms with Crippen molar-refractivity contribution in [2.45, 2.75) is 6.54 Å². The van der Waals surface area contributed by atoms with Gasteiger partial charge in [0.15, 0.2) is 11.5 Å². The molecule has 0 N–H and O–H groups in total. The first-order chi connectivity index (χ1) is 17.1. The van der Waals surface area contributed by atoms with Crippen molar-refractivity contribution in [2.75, 3.05) is 45.0 Å². The largest absolute Gasteiger partial charge is 0.497 e. The smallest absolute Gasteiger partial charge is 0.293 e. The Kier molecular flexibility index (Phi) is 6.49. The minimum absolute atomic E-state index is 0.0906. The van der Waals surface area contributed by atoms with E-state index in [1.165, 1.54) is 0 Å². The van der Waals surface area contributed by atoms with Gasteiger partial charge in [0.25, 0.3) is 5.69 Å². The summed E-state index contributed by atoms with van der Waals surface area (Å²) in [5.74, 6) is 2.32. The van der Waals surface area contributed by atoms with Crippen LogP contribution in [-0.4, -0.2) is 56.1 Å². The Bertz CT molecular complexity index is 1240. The van der Waals surface area contributed by atoms with Crippen LogP contribution in [0.25, 0.3) is 0 Å². The molecular formula is C26H26N4O5. The minimum Gasteiger partial charge on any atom is -0.497 e. The van der Waals surface area contributed by atoms with Crippen LogP contribution in [0.15, 0.2) is 65.7 Å². The van der Waals surface area contributed by atoms with Crippen molar-refractivity contribution in [3.63, 3.8) is 0 Å². The number of aliphatic imine (C=N–C) groups is 1. The molecule has 0 saturated carbocycles. The first kappa shape index (κ1) is 22.7. The highest BCUT2D eigenvalue weighted by molar-refractivity contribution is 5.85. The molecule has 3 aromatic rings. The summed E-state index contributed by atoms with van der Waals surface area (Å²) in [4.78, 5) is 20.4. The van der Waals surface area contributed by atoms with Crippen molar-refractivity contribution < 1.29 is 19.1 Å². The van der Waals surface area contributed by atoms with Crippen LogP contribution in [0.3, 0.4) is 0 Å². The summed E-state index contributed by atoms with van der Waals surface area (Å²) in [6, 6.07) is 18.6. The number of benzene rings is 3. The minimum atomic E-state index is -0.320. The fraction of sp³-hybridized carbons (Fsp3) is 0.269. The van der Waals surface area contributed by atoms with Gasteiger partial charge in [0, 0.05) is 45.0 Å². The molecule has 0 aliphatic carbocycles. The number of nitrogens with zero attached hydrogens (tertiary/aromatic N) is 4. The van der Waals surface area contributed by atoms with Gasteiger partial charge in [-0.3, -0.25) is 20.0 Å². The van der Waals surface area contributed by atoms with Crippen LogP contribution in [0.5, 0.6) is 17.2 Å². The van der Waals surface area contributed by atoms with E-state index in [9.17, 15) is 10.1 Å². The maximum Gasteiger partial charge on any atom is 0.293 e. The molecule has 9 nitrogen and oxygen atoms in total.